The molecule has 0 fully saturated rings. The van der Waals surface area contributed by atoms with E-state index in [1.807, 2.05) is 22.9 Å². The summed E-state index contributed by atoms with van der Waals surface area (Å²) in [6.45, 7) is 0.935. The largest absolute Gasteiger partial charge is 0.371 e. The van der Waals surface area contributed by atoms with Gasteiger partial charge in [0.15, 0.2) is 0 Å². The summed E-state index contributed by atoms with van der Waals surface area (Å²) in [7, 11) is 0. The van der Waals surface area contributed by atoms with Crippen molar-refractivity contribution in [3.63, 3.8) is 0 Å². The number of nitrogens with zero attached hydrogens (tertiary/aromatic N) is 3. The quantitative estimate of drug-likeness (QED) is 0.667. The van der Waals surface area contributed by atoms with Crippen LogP contribution in [0.4, 0.5) is 0 Å². The molecule has 1 aliphatic carbocycles. The van der Waals surface area contributed by atoms with Crippen LogP contribution in [0.5, 0.6) is 0 Å². The number of thiocarbonyl (C=S) groups is 1. The number of nitrogens with one attached hydrogen (secondary N) is 1. The number of rotatable bonds is 5. The molecule has 0 unspecified atom stereocenters. The molecule has 2 aromatic heterocycles. The lowest BCUT2D eigenvalue weighted by Gasteiger charge is -2.13. The first kappa shape index (κ1) is 15.5. The smallest absolute Gasteiger partial charge is 0.233 e. The van der Waals surface area contributed by atoms with Gasteiger partial charge in [0, 0.05) is 30.9 Å². The van der Waals surface area contributed by atoms with E-state index < -0.39 is 0 Å². The zero-order valence-electron chi connectivity index (χ0n) is 12.5. The average molecular weight is 332 g/mol. The monoisotopic (exact) mass is 332 g/mol. The van der Waals surface area contributed by atoms with E-state index in [2.05, 4.69) is 21.4 Å². The van der Waals surface area contributed by atoms with Crippen molar-refractivity contribution in [2.45, 2.75) is 37.9 Å². The minimum atomic E-state index is 0.737. The van der Waals surface area contributed by atoms with Crippen LogP contribution >= 0.6 is 24.0 Å². The lowest BCUT2D eigenvalue weighted by Crippen LogP contribution is -2.20. The van der Waals surface area contributed by atoms with Gasteiger partial charge in [-0.3, -0.25) is 4.40 Å². The van der Waals surface area contributed by atoms with Crippen LogP contribution in [0.1, 0.15) is 37.8 Å². The average Bonchev–Trinajstić information content (AvgIpc) is 2.97. The topological polar surface area (TPSA) is 42.2 Å². The molecule has 4 nitrogen and oxygen atoms in total. The van der Waals surface area contributed by atoms with Crippen molar-refractivity contribution >= 4 is 34.1 Å². The lowest BCUT2D eigenvalue weighted by atomic mass is 9.97. The van der Waals surface area contributed by atoms with E-state index in [9.17, 15) is 0 Å². The number of hydrogen-bond acceptors (Lipinski definition) is 4. The summed E-state index contributed by atoms with van der Waals surface area (Å²) < 4.78 is 2.78. The second-order valence-electron chi connectivity index (χ2n) is 5.42. The van der Waals surface area contributed by atoms with Gasteiger partial charge in [-0.1, -0.05) is 35.6 Å². The molecule has 0 amide bonds. The third kappa shape index (κ3) is 4.30. The van der Waals surface area contributed by atoms with Crippen LogP contribution in [0.25, 0.3) is 5.78 Å². The number of hydrogen-bond donors (Lipinski definition) is 1. The summed E-state index contributed by atoms with van der Waals surface area (Å²) in [5, 5.41) is 3.34. The highest BCUT2D eigenvalue weighted by molar-refractivity contribution is 8.22. The van der Waals surface area contributed by atoms with Crippen LogP contribution in [0.3, 0.4) is 0 Å². The minimum absolute atomic E-state index is 0.737. The Labute approximate surface area is 140 Å². The predicted octanol–water partition coefficient (Wildman–Crippen LogP) is 3.73. The molecule has 1 N–H and O–H groups in total. The molecule has 0 spiro atoms. The fraction of sp³-hybridized carbons (Fsp3) is 0.438. The molecule has 22 heavy (non-hydrogen) atoms. The second-order valence-corrected chi connectivity index (χ2v) is 7.07. The van der Waals surface area contributed by atoms with Crippen molar-refractivity contribution in [2.24, 2.45) is 0 Å². The highest BCUT2D eigenvalue weighted by atomic mass is 32.2. The molecule has 6 heteroatoms. The van der Waals surface area contributed by atoms with Gasteiger partial charge >= 0.3 is 0 Å². The Balaban J connectivity index is 1.41. The van der Waals surface area contributed by atoms with Gasteiger partial charge in [0.2, 0.25) is 5.78 Å². The van der Waals surface area contributed by atoms with Crippen molar-refractivity contribution in [1.29, 1.82) is 0 Å². The zero-order chi connectivity index (χ0) is 15.2. The van der Waals surface area contributed by atoms with Crippen LogP contribution in [0, 0.1) is 0 Å². The highest BCUT2D eigenvalue weighted by Gasteiger charge is 2.06. The van der Waals surface area contributed by atoms with E-state index in [1.165, 1.54) is 25.7 Å². The van der Waals surface area contributed by atoms with E-state index in [4.69, 9.17) is 12.2 Å². The molecular formula is C16H20N4S2. The lowest BCUT2D eigenvalue weighted by molar-refractivity contribution is 0.670. The minimum Gasteiger partial charge on any atom is -0.371 e. The van der Waals surface area contributed by atoms with Crippen molar-refractivity contribution < 1.29 is 0 Å². The molecule has 0 bridgehead atoms. The maximum atomic E-state index is 5.38. The van der Waals surface area contributed by atoms with Gasteiger partial charge in [0.1, 0.15) is 4.32 Å². The number of fused-ring (bicyclic) bond motifs is 1. The Morgan fingerprint density at radius 1 is 1.41 bits per heavy atom. The van der Waals surface area contributed by atoms with Crippen LogP contribution in [0.15, 0.2) is 36.3 Å². The van der Waals surface area contributed by atoms with Gasteiger partial charge in [0.05, 0.1) is 5.69 Å². The van der Waals surface area contributed by atoms with Crippen molar-refractivity contribution in [2.75, 3.05) is 6.54 Å². The standard InChI is InChI=1S/C16H20N4S2/c21-16(18-9-7-13-5-2-1-3-6-13)22-12-14-11-20-10-4-8-17-15(20)19-14/h4-5,8,10-11H,1-3,6-7,9,12H2,(H,18,21). The van der Waals surface area contributed by atoms with E-state index in [1.54, 1.807) is 23.5 Å². The van der Waals surface area contributed by atoms with Crippen molar-refractivity contribution in [1.82, 2.24) is 19.7 Å². The first-order chi connectivity index (χ1) is 10.8. The Hall–Kier alpha value is -1.40. The first-order valence-electron chi connectivity index (χ1n) is 7.68. The SMILES string of the molecule is S=C(NCCC1=CCCCC1)SCc1cn2cccnc2n1. The van der Waals surface area contributed by atoms with Crippen molar-refractivity contribution in [3.8, 4) is 0 Å². The third-order valence-corrected chi connectivity index (χ3v) is 5.08. The van der Waals surface area contributed by atoms with E-state index in [0.717, 1.165) is 34.5 Å². The maximum absolute atomic E-state index is 5.38. The molecular weight excluding hydrogens is 312 g/mol. The fourth-order valence-corrected chi connectivity index (χ4v) is 3.50. The Morgan fingerprint density at radius 2 is 2.36 bits per heavy atom. The number of aromatic nitrogens is 3. The van der Waals surface area contributed by atoms with Crippen LogP contribution in [-0.2, 0) is 5.75 Å². The van der Waals surface area contributed by atoms with E-state index in [0.29, 0.717) is 0 Å². The van der Waals surface area contributed by atoms with Gasteiger partial charge in [0.25, 0.3) is 0 Å². The Bertz CT molecular complexity index is 645. The van der Waals surface area contributed by atoms with Crippen LogP contribution < -0.4 is 5.32 Å². The molecule has 2 heterocycles. The van der Waals surface area contributed by atoms with E-state index >= 15 is 0 Å². The van der Waals surface area contributed by atoms with Crippen molar-refractivity contribution in [3.05, 3.63) is 42.0 Å². The maximum Gasteiger partial charge on any atom is 0.233 e. The Kier molecular flexibility index (Phi) is 5.45. The third-order valence-electron chi connectivity index (χ3n) is 3.74. The molecule has 0 aromatic carbocycles. The van der Waals surface area contributed by atoms with Gasteiger partial charge in [-0.2, -0.15) is 0 Å². The predicted molar refractivity (Wildman–Crippen MR) is 96.1 cm³/mol. The molecule has 0 aliphatic heterocycles. The summed E-state index contributed by atoms with van der Waals surface area (Å²) >= 11 is 7.01. The molecule has 0 saturated heterocycles. The number of allylic oxidation sites excluding steroid dienone is 1. The van der Waals surface area contributed by atoms with Gasteiger partial charge in [-0.25, -0.2) is 9.97 Å². The first-order valence-corrected chi connectivity index (χ1v) is 9.08. The summed E-state index contributed by atoms with van der Waals surface area (Å²) in [5.74, 6) is 1.51. The summed E-state index contributed by atoms with van der Waals surface area (Å²) in [5.41, 5.74) is 2.58. The molecule has 1 aliphatic rings. The van der Waals surface area contributed by atoms with Gasteiger partial charge in [-0.15, -0.1) is 0 Å². The molecule has 2 aromatic rings. The van der Waals surface area contributed by atoms with Crippen LogP contribution in [0.2, 0.25) is 0 Å². The molecule has 0 atom stereocenters. The number of thioether (sulfide) groups is 1. The van der Waals surface area contributed by atoms with Gasteiger partial charge < -0.3 is 5.32 Å². The second kappa shape index (κ2) is 7.74. The molecule has 0 radical (unpaired) electrons. The molecule has 116 valence electrons. The molecule has 3 rings (SSSR count). The summed E-state index contributed by atoms with van der Waals surface area (Å²) in [4.78, 5) is 8.69. The zero-order valence-corrected chi connectivity index (χ0v) is 14.1. The summed E-state index contributed by atoms with van der Waals surface area (Å²) in [6, 6.07) is 1.90. The fourth-order valence-electron chi connectivity index (χ4n) is 2.60. The van der Waals surface area contributed by atoms with Gasteiger partial charge in [-0.05, 0) is 38.2 Å². The Morgan fingerprint density at radius 3 is 3.18 bits per heavy atom. The number of imidazole rings is 1. The normalized spacial score (nSPS) is 14.8. The van der Waals surface area contributed by atoms with Crippen LogP contribution in [-0.4, -0.2) is 25.2 Å². The summed E-state index contributed by atoms with van der Waals surface area (Å²) in [6.07, 6.45) is 14.4. The highest BCUT2D eigenvalue weighted by Crippen LogP contribution is 2.19. The molecule has 0 saturated carbocycles. The van der Waals surface area contributed by atoms with E-state index in [-0.39, 0.29) is 0 Å².